The zero-order valence-electron chi connectivity index (χ0n) is 13.3. The Morgan fingerprint density at radius 1 is 1.38 bits per heavy atom. The largest absolute Gasteiger partial charge is 0.480 e. The monoisotopic (exact) mass is 317 g/mol. The molecule has 0 fully saturated rings. The van der Waals surface area contributed by atoms with Gasteiger partial charge in [0.25, 0.3) is 0 Å². The van der Waals surface area contributed by atoms with Gasteiger partial charge in [0.2, 0.25) is 10.0 Å². The molecule has 120 valence electrons. The van der Waals surface area contributed by atoms with Crippen molar-refractivity contribution < 1.29 is 18.3 Å². The summed E-state index contributed by atoms with van der Waals surface area (Å²) in [6, 6.07) is -0.274. The van der Waals surface area contributed by atoms with Crippen LogP contribution in [0.4, 0.5) is 0 Å². The van der Waals surface area contributed by atoms with E-state index >= 15 is 0 Å². The van der Waals surface area contributed by atoms with Gasteiger partial charge >= 0.3 is 5.97 Å². The van der Waals surface area contributed by atoms with Crippen molar-refractivity contribution in [3.05, 3.63) is 11.4 Å². The van der Waals surface area contributed by atoms with Gasteiger partial charge < -0.3 is 5.11 Å². The van der Waals surface area contributed by atoms with Gasteiger partial charge in [-0.05, 0) is 26.2 Å². The van der Waals surface area contributed by atoms with E-state index in [-0.39, 0.29) is 22.9 Å². The lowest BCUT2D eigenvalue weighted by molar-refractivity contribution is -0.137. The molecule has 1 atom stereocenters. The van der Waals surface area contributed by atoms with Gasteiger partial charge in [-0.1, -0.05) is 20.8 Å². The molecular weight excluding hydrogens is 294 g/mol. The number of nitrogens with zero attached hydrogens (tertiary/aromatic N) is 2. The van der Waals surface area contributed by atoms with Crippen LogP contribution in [0.1, 0.15) is 39.1 Å². The topological polar surface area (TPSA) is 101 Å². The summed E-state index contributed by atoms with van der Waals surface area (Å²) in [6.07, 6.45) is 0. The molecule has 0 saturated heterocycles. The fourth-order valence-corrected chi connectivity index (χ4v) is 3.68. The lowest BCUT2D eigenvalue weighted by atomic mass is 9.89. The standard InChI is InChI=1S/C13H23N3O4S/c1-8-12(9(2)16(14-8)7-11(17)18)21(19,20)15-10(3)13(4,5)6/h10,15H,7H2,1-6H3,(H,17,18). The van der Waals surface area contributed by atoms with Crippen molar-refractivity contribution in [1.29, 1.82) is 0 Å². The molecule has 1 rings (SSSR count). The normalized spacial score (nSPS) is 14.2. The first-order valence-corrected chi connectivity index (χ1v) is 8.12. The fourth-order valence-electron chi connectivity index (χ4n) is 1.82. The summed E-state index contributed by atoms with van der Waals surface area (Å²) in [5.74, 6) is -1.07. The van der Waals surface area contributed by atoms with Crippen LogP contribution in [-0.4, -0.2) is 35.3 Å². The minimum absolute atomic E-state index is 0.0554. The number of carboxylic acids is 1. The molecule has 0 aromatic carbocycles. The van der Waals surface area contributed by atoms with Crippen LogP contribution in [0.15, 0.2) is 4.90 Å². The summed E-state index contributed by atoms with van der Waals surface area (Å²) in [6.45, 7) is 10.4. The van der Waals surface area contributed by atoms with Crippen LogP contribution >= 0.6 is 0 Å². The lowest BCUT2D eigenvalue weighted by Crippen LogP contribution is -2.41. The Morgan fingerprint density at radius 2 is 1.90 bits per heavy atom. The Labute approximate surface area is 125 Å². The Morgan fingerprint density at radius 3 is 2.33 bits per heavy atom. The summed E-state index contributed by atoms with van der Waals surface area (Å²) in [5.41, 5.74) is 0.386. The molecule has 0 spiro atoms. The van der Waals surface area contributed by atoms with Gasteiger partial charge in [-0.3, -0.25) is 9.48 Å². The predicted octanol–water partition coefficient (Wildman–Crippen LogP) is 1.30. The van der Waals surface area contributed by atoms with Crippen molar-refractivity contribution in [1.82, 2.24) is 14.5 Å². The summed E-state index contributed by atoms with van der Waals surface area (Å²) < 4.78 is 28.9. The van der Waals surface area contributed by atoms with E-state index in [9.17, 15) is 13.2 Å². The van der Waals surface area contributed by atoms with E-state index in [1.54, 1.807) is 20.8 Å². The van der Waals surface area contributed by atoms with Crippen molar-refractivity contribution in [3.63, 3.8) is 0 Å². The number of hydrogen-bond donors (Lipinski definition) is 2. The molecule has 0 saturated carbocycles. The summed E-state index contributed by atoms with van der Waals surface area (Å²) in [5, 5.41) is 12.8. The van der Waals surface area contributed by atoms with Gasteiger partial charge in [0, 0.05) is 6.04 Å². The SMILES string of the molecule is Cc1nn(CC(=O)O)c(C)c1S(=O)(=O)NC(C)C(C)(C)C. The molecular formula is C13H23N3O4S. The quantitative estimate of drug-likeness (QED) is 0.852. The average Bonchev–Trinajstić information content (AvgIpc) is 2.51. The second-order valence-corrected chi connectivity index (χ2v) is 7.91. The summed E-state index contributed by atoms with van der Waals surface area (Å²) in [4.78, 5) is 10.8. The Kier molecular flexibility index (Phi) is 4.84. The third-order valence-corrected chi connectivity index (χ3v) is 5.29. The Balaban J connectivity index is 3.21. The van der Waals surface area contributed by atoms with E-state index < -0.39 is 16.0 Å². The van der Waals surface area contributed by atoms with Crippen molar-refractivity contribution in [2.75, 3.05) is 0 Å². The number of nitrogens with one attached hydrogen (secondary N) is 1. The zero-order chi connectivity index (χ0) is 16.6. The van der Waals surface area contributed by atoms with E-state index in [1.807, 2.05) is 20.8 Å². The van der Waals surface area contributed by atoms with Crippen LogP contribution in [0.5, 0.6) is 0 Å². The molecule has 0 aliphatic carbocycles. The fraction of sp³-hybridized carbons (Fsp3) is 0.692. The number of aromatic nitrogens is 2. The van der Waals surface area contributed by atoms with Crippen LogP contribution in [-0.2, 0) is 21.4 Å². The number of aryl methyl sites for hydroxylation is 1. The maximum Gasteiger partial charge on any atom is 0.325 e. The molecule has 0 aliphatic rings. The Hall–Kier alpha value is -1.41. The highest BCUT2D eigenvalue weighted by Crippen LogP contribution is 2.24. The van der Waals surface area contributed by atoms with Gasteiger partial charge in [0.05, 0.1) is 11.4 Å². The number of carboxylic acid groups (broad SMARTS) is 1. The number of carbonyl (C=O) groups is 1. The highest BCUT2D eigenvalue weighted by molar-refractivity contribution is 7.89. The summed E-state index contributed by atoms with van der Waals surface area (Å²) >= 11 is 0. The van der Waals surface area contributed by atoms with E-state index in [4.69, 9.17) is 5.11 Å². The van der Waals surface area contributed by atoms with E-state index in [0.29, 0.717) is 11.4 Å². The number of aliphatic carboxylic acids is 1. The number of hydrogen-bond acceptors (Lipinski definition) is 4. The first-order chi connectivity index (χ1) is 9.36. The van der Waals surface area contributed by atoms with Crippen molar-refractivity contribution in [2.45, 2.75) is 59.0 Å². The first kappa shape index (κ1) is 17.6. The van der Waals surface area contributed by atoms with Crippen LogP contribution in [0.3, 0.4) is 0 Å². The van der Waals surface area contributed by atoms with Crippen molar-refractivity contribution >= 4 is 16.0 Å². The van der Waals surface area contributed by atoms with Gasteiger partial charge in [0.15, 0.2) is 0 Å². The van der Waals surface area contributed by atoms with Gasteiger partial charge in [0.1, 0.15) is 11.4 Å². The lowest BCUT2D eigenvalue weighted by Gasteiger charge is -2.27. The maximum absolute atomic E-state index is 12.5. The molecule has 7 nitrogen and oxygen atoms in total. The number of sulfonamides is 1. The van der Waals surface area contributed by atoms with Gasteiger partial charge in [-0.15, -0.1) is 0 Å². The molecule has 8 heteroatoms. The van der Waals surface area contributed by atoms with Gasteiger partial charge in [-0.2, -0.15) is 5.10 Å². The third kappa shape index (κ3) is 4.04. The second-order valence-electron chi connectivity index (χ2n) is 6.26. The molecule has 21 heavy (non-hydrogen) atoms. The predicted molar refractivity (Wildman–Crippen MR) is 78.6 cm³/mol. The Bertz CT molecular complexity index is 641. The number of rotatable bonds is 5. The van der Waals surface area contributed by atoms with Crippen LogP contribution in [0.25, 0.3) is 0 Å². The molecule has 1 aromatic heterocycles. The average molecular weight is 317 g/mol. The maximum atomic E-state index is 12.5. The highest BCUT2D eigenvalue weighted by Gasteiger charge is 2.30. The molecule has 1 aromatic rings. The van der Waals surface area contributed by atoms with E-state index in [0.717, 1.165) is 0 Å². The molecule has 1 heterocycles. The van der Waals surface area contributed by atoms with E-state index in [1.165, 1.54) is 4.68 Å². The van der Waals surface area contributed by atoms with Crippen molar-refractivity contribution in [2.24, 2.45) is 5.41 Å². The molecule has 0 bridgehead atoms. The minimum atomic E-state index is -3.75. The van der Waals surface area contributed by atoms with Crippen LogP contribution < -0.4 is 4.72 Å². The van der Waals surface area contributed by atoms with Crippen molar-refractivity contribution in [3.8, 4) is 0 Å². The molecule has 0 radical (unpaired) electrons. The second kappa shape index (κ2) is 5.76. The minimum Gasteiger partial charge on any atom is -0.480 e. The zero-order valence-corrected chi connectivity index (χ0v) is 14.1. The van der Waals surface area contributed by atoms with Crippen LogP contribution in [0, 0.1) is 19.3 Å². The molecule has 0 aliphatic heterocycles. The van der Waals surface area contributed by atoms with E-state index in [2.05, 4.69) is 9.82 Å². The summed E-state index contributed by atoms with van der Waals surface area (Å²) in [7, 11) is -3.75. The third-order valence-electron chi connectivity index (χ3n) is 3.50. The van der Waals surface area contributed by atoms with Crippen LogP contribution in [0.2, 0.25) is 0 Å². The highest BCUT2D eigenvalue weighted by atomic mass is 32.2. The molecule has 2 N–H and O–H groups in total. The molecule has 1 unspecified atom stereocenters. The molecule has 0 amide bonds. The first-order valence-electron chi connectivity index (χ1n) is 6.64. The smallest absolute Gasteiger partial charge is 0.325 e. The van der Waals surface area contributed by atoms with Gasteiger partial charge in [-0.25, -0.2) is 13.1 Å².